The monoisotopic (exact) mass is 391 g/mol. The second-order valence-electron chi connectivity index (χ2n) is 6.72. The van der Waals surface area contributed by atoms with Crippen molar-refractivity contribution in [1.29, 1.82) is 0 Å². The van der Waals surface area contributed by atoms with E-state index in [4.69, 9.17) is 0 Å². The first-order valence-corrected chi connectivity index (χ1v) is 9.45. The SMILES string of the molecule is O=C(CCNC(=O)c1ccc(F)cc1F)NCCc1nnc2n1CCCCC2. The Kier molecular flexibility index (Phi) is 6.67. The third-order valence-electron chi connectivity index (χ3n) is 4.67. The molecule has 1 aliphatic rings. The highest BCUT2D eigenvalue weighted by atomic mass is 19.1. The van der Waals surface area contributed by atoms with Crippen molar-refractivity contribution in [1.82, 2.24) is 25.4 Å². The number of benzene rings is 1. The second kappa shape index (κ2) is 9.38. The maximum absolute atomic E-state index is 13.5. The Morgan fingerprint density at radius 3 is 2.75 bits per heavy atom. The van der Waals surface area contributed by atoms with E-state index >= 15 is 0 Å². The largest absolute Gasteiger partial charge is 0.356 e. The van der Waals surface area contributed by atoms with Crippen LogP contribution >= 0.6 is 0 Å². The minimum atomic E-state index is -0.936. The first kappa shape index (κ1) is 19.9. The molecule has 1 aromatic carbocycles. The summed E-state index contributed by atoms with van der Waals surface area (Å²) in [6.45, 7) is 1.40. The Morgan fingerprint density at radius 2 is 1.93 bits per heavy atom. The third kappa shape index (κ3) is 5.11. The molecule has 0 saturated heterocycles. The van der Waals surface area contributed by atoms with Gasteiger partial charge in [0, 0.05) is 45.0 Å². The Labute approximate surface area is 161 Å². The highest BCUT2D eigenvalue weighted by Crippen LogP contribution is 2.14. The van der Waals surface area contributed by atoms with Gasteiger partial charge >= 0.3 is 0 Å². The number of nitrogens with one attached hydrogen (secondary N) is 2. The van der Waals surface area contributed by atoms with Crippen LogP contribution in [0.15, 0.2) is 18.2 Å². The smallest absolute Gasteiger partial charge is 0.254 e. The van der Waals surface area contributed by atoms with E-state index in [1.54, 1.807) is 0 Å². The summed E-state index contributed by atoms with van der Waals surface area (Å²) >= 11 is 0. The van der Waals surface area contributed by atoms with Crippen LogP contribution in [0.5, 0.6) is 0 Å². The van der Waals surface area contributed by atoms with E-state index in [0.717, 1.165) is 49.6 Å². The summed E-state index contributed by atoms with van der Waals surface area (Å²) in [4.78, 5) is 23.8. The molecule has 3 rings (SSSR count). The standard InChI is InChI=1S/C19H23F2N5O2/c20-13-5-6-14(15(21)12-13)19(28)23-10-8-18(27)22-9-7-17-25-24-16-4-2-1-3-11-26(16)17/h5-6,12H,1-4,7-11H2,(H,22,27)(H,23,28). The summed E-state index contributed by atoms with van der Waals surface area (Å²) in [6, 6.07) is 2.73. The number of fused-ring (bicyclic) bond motifs is 1. The first-order chi connectivity index (χ1) is 13.5. The molecule has 1 aromatic heterocycles. The van der Waals surface area contributed by atoms with Crippen molar-refractivity contribution in [3.63, 3.8) is 0 Å². The van der Waals surface area contributed by atoms with E-state index in [0.29, 0.717) is 19.0 Å². The van der Waals surface area contributed by atoms with E-state index in [-0.39, 0.29) is 24.4 Å². The minimum absolute atomic E-state index is 0.0574. The number of aryl methyl sites for hydroxylation is 1. The molecule has 2 aromatic rings. The van der Waals surface area contributed by atoms with Crippen molar-refractivity contribution in [2.24, 2.45) is 0 Å². The molecule has 28 heavy (non-hydrogen) atoms. The van der Waals surface area contributed by atoms with Crippen molar-refractivity contribution in [3.05, 3.63) is 47.0 Å². The van der Waals surface area contributed by atoms with Gasteiger partial charge in [-0.2, -0.15) is 0 Å². The molecule has 0 bridgehead atoms. The van der Waals surface area contributed by atoms with Crippen molar-refractivity contribution in [3.8, 4) is 0 Å². The average molecular weight is 391 g/mol. The predicted molar refractivity (Wildman–Crippen MR) is 97.6 cm³/mol. The third-order valence-corrected chi connectivity index (χ3v) is 4.67. The molecule has 0 atom stereocenters. The lowest BCUT2D eigenvalue weighted by atomic mass is 10.2. The van der Waals surface area contributed by atoms with Gasteiger partial charge in [-0.1, -0.05) is 6.42 Å². The number of rotatable bonds is 7. The number of carbonyl (C=O) groups is 2. The van der Waals surface area contributed by atoms with Gasteiger partial charge < -0.3 is 15.2 Å². The molecule has 0 saturated carbocycles. The molecular weight excluding hydrogens is 368 g/mol. The number of amides is 2. The van der Waals surface area contributed by atoms with Gasteiger partial charge in [-0.25, -0.2) is 8.78 Å². The molecule has 0 unspecified atom stereocenters. The molecular formula is C19H23F2N5O2. The molecule has 0 spiro atoms. The molecule has 2 amide bonds. The number of halogens is 2. The summed E-state index contributed by atoms with van der Waals surface area (Å²) in [5.41, 5.74) is -0.255. The lowest BCUT2D eigenvalue weighted by molar-refractivity contribution is -0.120. The van der Waals surface area contributed by atoms with Crippen LogP contribution in [0.25, 0.3) is 0 Å². The number of hydrogen-bond donors (Lipinski definition) is 2. The van der Waals surface area contributed by atoms with E-state index in [2.05, 4.69) is 25.4 Å². The molecule has 0 aliphatic carbocycles. The Balaban J connectivity index is 1.38. The predicted octanol–water partition coefficient (Wildman–Crippen LogP) is 1.76. The Morgan fingerprint density at radius 1 is 1.07 bits per heavy atom. The molecule has 150 valence electrons. The fraction of sp³-hybridized carbons (Fsp3) is 0.474. The normalized spacial score (nSPS) is 13.5. The van der Waals surface area contributed by atoms with E-state index in [9.17, 15) is 18.4 Å². The number of nitrogens with zero attached hydrogens (tertiary/aromatic N) is 3. The van der Waals surface area contributed by atoms with Crippen LogP contribution < -0.4 is 10.6 Å². The average Bonchev–Trinajstić information content (AvgIpc) is 2.88. The van der Waals surface area contributed by atoms with Crippen LogP contribution in [0.3, 0.4) is 0 Å². The summed E-state index contributed by atoms with van der Waals surface area (Å²) in [7, 11) is 0. The van der Waals surface area contributed by atoms with Crippen molar-refractivity contribution < 1.29 is 18.4 Å². The molecule has 0 radical (unpaired) electrons. The zero-order chi connectivity index (χ0) is 19.9. The van der Waals surface area contributed by atoms with E-state index in [1.165, 1.54) is 6.42 Å². The topological polar surface area (TPSA) is 88.9 Å². The van der Waals surface area contributed by atoms with Crippen molar-refractivity contribution >= 4 is 11.8 Å². The van der Waals surface area contributed by atoms with Gasteiger partial charge in [0.25, 0.3) is 5.91 Å². The zero-order valence-electron chi connectivity index (χ0n) is 15.5. The fourth-order valence-corrected chi connectivity index (χ4v) is 3.19. The molecule has 2 heterocycles. The minimum Gasteiger partial charge on any atom is -0.356 e. The number of aromatic nitrogens is 3. The van der Waals surface area contributed by atoms with Gasteiger partial charge in [0.15, 0.2) is 0 Å². The summed E-state index contributed by atoms with van der Waals surface area (Å²) in [6.07, 6.45) is 5.01. The summed E-state index contributed by atoms with van der Waals surface area (Å²) < 4.78 is 28.5. The van der Waals surface area contributed by atoms with Crippen LogP contribution in [0.2, 0.25) is 0 Å². The second-order valence-corrected chi connectivity index (χ2v) is 6.72. The maximum atomic E-state index is 13.5. The van der Waals surface area contributed by atoms with E-state index < -0.39 is 17.5 Å². The van der Waals surface area contributed by atoms with Crippen LogP contribution in [-0.2, 0) is 24.2 Å². The van der Waals surface area contributed by atoms with Crippen LogP contribution in [-0.4, -0.2) is 39.7 Å². The van der Waals surface area contributed by atoms with Crippen molar-refractivity contribution in [2.75, 3.05) is 13.1 Å². The van der Waals surface area contributed by atoms with Crippen molar-refractivity contribution in [2.45, 2.75) is 45.1 Å². The quantitative estimate of drug-likeness (QED) is 0.753. The maximum Gasteiger partial charge on any atom is 0.254 e. The van der Waals surface area contributed by atoms with E-state index in [1.807, 2.05) is 0 Å². The number of hydrogen-bond acceptors (Lipinski definition) is 4. The highest BCUT2D eigenvalue weighted by molar-refractivity contribution is 5.94. The van der Waals surface area contributed by atoms with Crippen LogP contribution in [0.1, 0.15) is 47.7 Å². The molecule has 2 N–H and O–H groups in total. The zero-order valence-corrected chi connectivity index (χ0v) is 15.5. The van der Waals surface area contributed by atoms with Gasteiger partial charge in [-0.05, 0) is 25.0 Å². The summed E-state index contributed by atoms with van der Waals surface area (Å²) in [5.74, 6) is -0.717. The highest BCUT2D eigenvalue weighted by Gasteiger charge is 2.15. The van der Waals surface area contributed by atoms with Gasteiger partial charge in [-0.3, -0.25) is 9.59 Å². The van der Waals surface area contributed by atoms with Gasteiger partial charge in [0.1, 0.15) is 23.3 Å². The molecule has 7 nitrogen and oxygen atoms in total. The molecule has 0 fully saturated rings. The lowest BCUT2D eigenvalue weighted by Gasteiger charge is -2.09. The number of carbonyl (C=O) groups excluding carboxylic acids is 2. The van der Waals surface area contributed by atoms with Crippen LogP contribution in [0, 0.1) is 11.6 Å². The van der Waals surface area contributed by atoms with Gasteiger partial charge in [0.2, 0.25) is 5.91 Å². The van der Waals surface area contributed by atoms with Crippen LogP contribution in [0.4, 0.5) is 8.78 Å². The fourth-order valence-electron chi connectivity index (χ4n) is 3.19. The summed E-state index contributed by atoms with van der Waals surface area (Å²) in [5, 5.41) is 13.7. The molecule has 1 aliphatic heterocycles. The Hall–Kier alpha value is -2.84. The Bertz CT molecular complexity index is 853. The lowest BCUT2D eigenvalue weighted by Crippen LogP contribution is -2.32. The van der Waals surface area contributed by atoms with Gasteiger partial charge in [0.05, 0.1) is 5.56 Å². The van der Waals surface area contributed by atoms with Gasteiger partial charge in [-0.15, -0.1) is 10.2 Å². The molecule has 9 heteroatoms. The first-order valence-electron chi connectivity index (χ1n) is 9.45.